The van der Waals surface area contributed by atoms with Gasteiger partial charge in [-0.3, -0.25) is 0 Å². The molecule has 2 aromatic rings. The number of hydrogen-bond donors (Lipinski definition) is 2. The molecular weight excluding hydrogens is 284 g/mol. The lowest BCUT2D eigenvalue weighted by Gasteiger charge is -2.06. The van der Waals surface area contributed by atoms with Crippen molar-refractivity contribution in [2.75, 3.05) is 13.1 Å². The Morgan fingerprint density at radius 2 is 1.81 bits per heavy atom. The van der Waals surface area contributed by atoms with Crippen molar-refractivity contribution in [2.24, 2.45) is 5.73 Å². The van der Waals surface area contributed by atoms with E-state index in [4.69, 9.17) is 10.5 Å². The van der Waals surface area contributed by atoms with Gasteiger partial charge in [0.25, 0.3) is 0 Å². The molecule has 0 aliphatic carbocycles. The molecule has 3 N–H and O–H groups in total. The molecule has 0 aliphatic heterocycles. The number of nitrogens with two attached hydrogens (primary N) is 1. The van der Waals surface area contributed by atoms with Crippen LogP contribution in [0.5, 0.6) is 5.75 Å². The van der Waals surface area contributed by atoms with Crippen molar-refractivity contribution in [2.45, 2.75) is 10.6 Å². The van der Waals surface area contributed by atoms with Crippen LogP contribution in [0.4, 0.5) is 4.79 Å². The van der Waals surface area contributed by atoms with Crippen LogP contribution in [0.1, 0.15) is 5.56 Å². The average molecular weight is 302 g/mol. The first-order valence-corrected chi connectivity index (χ1v) is 7.69. The van der Waals surface area contributed by atoms with Crippen LogP contribution in [-0.2, 0) is 5.75 Å². The summed E-state index contributed by atoms with van der Waals surface area (Å²) in [7, 11) is 0. The van der Waals surface area contributed by atoms with Crippen LogP contribution in [0.2, 0.25) is 0 Å². The Hall–Kier alpha value is -1.98. The zero-order chi connectivity index (χ0) is 14.9. The van der Waals surface area contributed by atoms with Crippen LogP contribution >= 0.6 is 11.8 Å². The zero-order valence-electron chi connectivity index (χ0n) is 11.6. The minimum atomic E-state index is -0.480. The van der Waals surface area contributed by atoms with Crippen molar-refractivity contribution >= 4 is 17.9 Å². The number of rotatable bonds is 6. The molecule has 0 radical (unpaired) electrons. The number of benzene rings is 2. The van der Waals surface area contributed by atoms with E-state index in [1.807, 2.05) is 30.3 Å². The van der Waals surface area contributed by atoms with Crippen molar-refractivity contribution in [1.29, 1.82) is 0 Å². The van der Waals surface area contributed by atoms with Gasteiger partial charge in [-0.25, -0.2) is 4.79 Å². The Morgan fingerprint density at radius 1 is 1.10 bits per heavy atom. The van der Waals surface area contributed by atoms with Crippen molar-refractivity contribution in [1.82, 2.24) is 5.32 Å². The molecule has 0 atom stereocenters. The summed E-state index contributed by atoms with van der Waals surface area (Å²) in [6, 6.07) is 17.7. The van der Waals surface area contributed by atoms with E-state index in [0.717, 1.165) is 5.75 Å². The summed E-state index contributed by atoms with van der Waals surface area (Å²) < 4.78 is 5.12. The third kappa shape index (κ3) is 5.49. The lowest BCUT2D eigenvalue weighted by Crippen LogP contribution is -2.31. The summed E-state index contributed by atoms with van der Waals surface area (Å²) in [5.41, 5.74) is 6.48. The van der Waals surface area contributed by atoms with Crippen LogP contribution in [-0.4, -0.2) is 19.2 Å². The molecule has 2 rings (SSSR count). The molecule has 0 heterocycles. The molecule has 1 amide bonds. The standard InChI is InChI=1S/C16H18N2O2S/c17-10-11-18-16(19)20-14-8-6-13(7-9-14)12-21-15-4-2-1-3-5-15/h1-9H,10-12,17H2,(H,18,19). The predicted molar refractivity (Wildman–Crippen MR) is 85.5 cm³/mol. The third-order valence-corrected chi connectivity index (χ3v) is 3.78. The SMILES string of the molecule is NCCNC(=O)Oc1ccc(CSc2ccccc2)cc1. The van der Waals surface area contributed by atoms with Crippen LogP contribution < -0.4 is 15.8 Å². The molecule has 0 aliphatic rings. The molecule has 2 aromatic carbocycles. The Bertz CT molecular complexity index is 558. The molecule has 0 fully saturated rings. The maximum atomic E-state index is 11.4. The van der Waals surface area contributed by atoms with Crippen molar-refractivity contribution in [3.8, 4) is 5.75 Å². The van der Waals surface area contributed by atoms with E-state index in [0.29, 0.717) is 18.8 Å². The molecular formula is C16H18N2O2S. The molecule has 21 heavy (non-hydrogen) atoms. The van der Waals surface area contributed by atoms with Gasteiger partial charge in [0.1, 0.15) is 5.75 Å². The second-order valence-electron chi connectivity index (χ2n) is 4.35. The fraction of sp³-hybridized carbons (Fsp3) is 0.188. The Labute approximate surface area is 128 Å². The highest BCUT2D eigenvalue weighted by molar-refractivity contribution is 7.98. The third-order valence-electron chi connectivity index (χ3n) is 2.70. The molecule has 110 valence electrons. The topological polar surface area (TPSA) is 64.3 Å². The molecule has 5 heteroatoms. The van der Waals surface area contributed by atoms with Gasteiger partial charge < -0.3 is 15.8 Å². The highest BCUT2D eigenvalue weighted by Crippen LogP contribution is 2.23. The number of ether oxygens (including phenoxy) is 1. The van der Waals surface area contributed by atoms with E-state index in [1.54, 1.807) is 23.9 Å². The fourth-order valence-corrected chi connectivity index (χ4v) is 2.53. The molecule has 0 saturated carbocycles. The van der Waals surface area contributed by atoms with Gasteiger partial charge >= 0.3 is 6.09 Å². The van der Waals surface area contributed by atoms with Gasteiger partial charge in [0.15, 0.2) is 0 Å². The Morgan fingerprint density at radius 3 is 2.48 bits per heavy atom. The molecule has 4 nitrogen and oxygen atoms in total. The fourth-order valence-electron chi connectivity index (χ4n) is 1.65. The summed E-state index contributed by atoms with van der Waals surface area (Å²) in [5.74, 6) is 1.40. The minimum Gasteiger partial charge on any atom is -0.410 e. The van der Waals surface area contributed by atoms with Gasteiger partial charge in [0.2, 0.25) is 0 Å². The monoisotopic (exact) mass is 302 g/mol. The minimum absolute atomic E-state index is 0.394. The van der Waals surface area contributed by atoms with E-state index in [9.17, 15) is 4.79 Å². The average Bonchev–Trinajstić information content (AvgIpc) is 2.53. The highest BCUT2D eigenvalue weighted by Gasteiger charge is 2.03. The number of nitrogens with one attached hydrogen (secondary N) is 1. The number of carbonyl (C=O) groups is 1. The summed E-state index contributed by atoms with van der Waals surface area (Å²) in [6.45, 7) is 0.801. The van der Waals surface area contributed by atoms with Crippen LogP contribution in [0.15, 0.2) is 59.5 Å². The van der Waals surface area contributed by atoms with E-state index >= 15 is 0 Å². The second-order valence-corrected chi connectivity index (χ2v) is 5.40. The Kier molecular flexibility index (Phi) is 6.12. The van der Waals surface area contributed by atoms with Gasteiger partial charge in [-0.05, 0) is 29.8 Å². The summed E-state index contributed by atoms with van der Waals surface area (Å²) in [4.78, 5) is 12.6. The van der Waals surface area contributed by atoms with Gasteiger partial charge in [-0.15, -0.1) is 11.8 Å². The first-order chi connectivity index (χ1) is 10.3. The smallest absolute Gasteiger partial charge is 0.410 e. The van der Waals surface area contributed by atoms with Crippen molar-refractivity contribution < 1.29 is 9.53 Å². The van der Waals surface area contributed by atoms with Crippen molar-refractivity contribution in [3.63, 3.8) is 0 Å². The van der Waals surface area contributed by atoms with Gasteiger partial charge in [-0.1, -0.05) is 30.3 Å². The van der Waals surface area contributed by atoms with Gasteiger partial charge in [0.05, 0.1) is 0 Å². The maximum absolute atomic E-state index is 11.4. The van der Waals surface area contributed by atoms with E-state index in [1.165, 1.54) is 10.5 Å². The summed E-state index contributed by atoms with van der Waals surface area (Å²) in [5, 5.41) is 2.55. The van der Waals surface area contributed by atoms with Gasteiger partial charge in [0, 0.05) is 23.7 Å². The lowest BCUT2D eigenvalue weighted by molar-refractivity contribution is 0.201. The predicted octanol–water partition coefficient (Wildman–Crippen LogP) is 3.03. The largest absolute Gasteiger partial charge is 0.412 e. The number of amides is 1. The number of thioether (sulfide) groups is 1. The number of hydrogen-bond acceptors (Lipinski definition) is 4. The summed E-state index contributed by atoms with van der Waals surface area (Å²) >= 11 is 1.77. The normalized spacial score (nSPS) is 10.1. The van der Waals surface area contributed by atoms with E-state index < -0.39 is 6.09 Å². The molecule has 0 bridgehead atoms. The van der Waals surface area contributed by atoms with Crippen LogP contribution in [0.3, 0.4) is 0 Å². The Balaban J connectivity index is 1.83. The molecule has 0 unspecified atom stereocenters. The lowest BCUT2D eigenvalue weighted by atomic mass is 10.2. The second kappa shape index (κ2) is 8.34. The van der Waals surface area contributed by atoms with Crippen LogP contribution in [0, 0.1) is 0 Å². The quantitative estimate of drug-likeness (QED) is 0.805. The highest BCUT2D eigenvalue weighted by atomic mass is 32.2. The zero-order valence-corrected chi connectivity index (χ0v) is 12.4. The van der Waals surface area contributed by atoms with Gasteiger partial charge in [-0.2, -0.15) is 0 Å². The van der Waals surface area contributed by atoms with E-state index in [-0.39, 0.29) is 0 Å². The van der Waals surface area contributed by atoms with Crippen LogP contribution in [0.25, 0.3) is 0 Å². The van der Waals surface area contributed by atoms with Crippen molar-refractivity contribution in [3.05, 3.63) is 60.2 Å². The number of carbonyl (C=O) groups excluding carboxylic acids is 1. The molecule has 0 aromatic heterocycles. The first-order valence-electron chi connectivity index (χ1n) is 6.70. The molecule has 0 saturated heterocycles. The molecule has 0 spiro atoms. The maximum Gasteiger partial charge on any atom is 0.412 e. The first kappa shape index (κ1) is 15.4. The van der Waals surface area contributed by atoms with E-state index in [2.05, 4.69) is 17.4 Å². The summed E-state index contributed by atoms with van der Waals surface area (Å²) in [6.07, 6.45) is -0.480.